The fraction of sp³-hybridized carbons (Fsp3) is 0.875. The summed E-state index contributed by atoms with van der Waals surface area (Å²) in [5, 5.41) is 2.93. The van der Waals surface area contributed by atoms with Gasteiger partial charge in [0.15, 0.2) is 0 Å². The van der Waals surface area contributed by atoms with Gasteiger partial charge in [0.1, 0.15) is 12.1 Å². The highest BCUT2D eigenvalue weighted by Gasteiger charge is 2.51. The Balaban J connectivity index is 1.82. The Bertz CT molecular complexity index is 437. The fourth-order valence-electron chi connectivity index (χ4n) is 4.10. The van der Waals surface area contributed by atoms with Gasteiger partial charge in [-0.25, -0.2) is 0 Å². The van der Waals surface area contributed by atoms with Crippen molar-refractivity contribution in [3.05, 3.63) is 0 Å². The standard InChI is InChI=1S/C16H26N2O3/c1-4-12-15(19)17-11(7-9(2)3)16(20)18(12)13-8-10-5-6-14(13)21-10/h9-14H,4-8H2,1-3H3,(H,17,19). The number of hydrogen-bond donors (Lipinski definition) is 1. The zero-order valence-corrected chi connectivity index (χ0v) is 13.2. The molecule has 0 spiro atoms. The van der Waals surface area contributed by atoms with Gasteiger partial charge in [-0.05, 0) is 38.0 Å². The molecule has 0 aromatic carbocycles. The molecule has 2 bridgehead atoms. The molecule has 3 fully saturated rings. The van der Waals surface area contributed by atoms with E-state index in [1.54, 1.807) is 0 Å². The first kappa shape index (κ1) is 14.8. The highest BCUT2D eigenvalue weighted by Crippen LogP contribution is 2.39. The summed E-state index contributed by atoms with van der Waals surface area (Å²) in [6.45, 7) is 6.13. The number of rotatable bonds is 4. The molecule has 0 saturated carbocycles. The summed E-state index contributed by atoms with van der Waals surface area (Å²) in [4.78, 5) is 27.2. The predicted molar refractivity (Wildman–Crippen MR) is 78.6 cm³/mol. The van der Waals surface area contributed by atoms with Crippen molar-refractivity contribution in [1.82, 2.24) is 10.2 Å². The maximum absolute atomic E-state index is 12.9. The van der Waals surface area contributed by atoms with Crippen molar-refractivity contribution >= 4 is 11.8 Å². The highest BCUT2D eigenvalue weighted by molar-refractivity contribution is 5.97. The van der Waals surface area contributed by atoms with E-state index in [1.165, 1.54) is 0 Å². The van der Waals surface area contributed by atoms with E-state index in [0.717, 1.165) is 19.3 Å². The summed E-state index contributed by atoms with van der Waals surface area (Å²) in [5.74, 6) is 0.484. The Morgan fingerprint density at radius 3 is 2.62 bits per heavy atom. The summed E-state index contributed by atoms with van der Waals surface area (Å²) < 4.78 is 5.91. The lowest BCUT2D eigenvalue weighted by Gasteiger charge is -2.44. The predicted octanol–water partition coefficient (Wildman–Crippen LogP) is 1.46. The van der Waals surface area contributed by atoms with E-state index in [4.69, 9.17) is 4.74 Å². The molecule has 5 unspecified atom stereocenters. The monoisotopic (exact) mass is 294 g/mol. The molecule has 3 aliphatic heterocycles. The molecule has 3 rings (SSSR count). The molecule has 0 radical (unpaired) electrons. The molecule has 5 nitrogen and oxygen atoms in total. The van der Waals surface area contributed by atoms with Crippen LogP contribution in [0.4, 0.5) is 0 Å². The van der Waals surface area contributed by atoms with E-state index in [-0.39, 0.29) is 36.0 Å². The second-order valence-corrected chi connectivity index (χ2v) is 7.04. The summed E-state index contributed by atoms with van der Waals surface area (Å²) in [7, 11) is 0. The van der Waals surface area contributed by atoms with Crippen LogP contribution >= 0.6 is 0 Å². The molecule has 3 saturated heterocycles. The van der Waals surface area contributed by atoms with Crippen LogP contribution in [0, 0.1) is 5.92 Å². The van der Waals surface area contributed by atoms with Gasteiger partial charge in [0.05, 0.1) is 18.2 Å². The zero-order valence-electron chi connectivity index (χ0n) is 13.2. The molecule has 5 atom stereocenters. The number of nitrogens with zero attached hydrogens (tertiary/aromatic N) is 1. The third-order valence-electron chi connectivity index (χ3n) is 5.03. The minimum absolute atomic E-state index is 0.00511. The fourth-order valence-corrected chi connectivity index (χ4v) is 4.10. The molecule has 3 aliphatic rings. The number of carbonyl (C=O) groups excluding carboxylic acids is 2. The zero-order chi connectivity index (χ0) is 15.1. The Hall–Kier alpha value is -1.10. The molecule has 3 heterocycles. The average Bonchev–Trinajstić information content (AvgIpc) is 3.03. The van der Waals surface area contributed by atoms with Crippen LogP contribution in [-0.4, -0.2) is 47.0 Å². The molecular weight excluding hydrogens is 268 g/mol. The summed E-state index contributed by atoms with van der Waals surface area (Å²) in [6.07, 6.45) is 4.82. The molecule has 5 heteroatoms. The lowest BCUT2D eigenvalue weighted by atomic mass is 9.89. The van der Waals surface area contributed by atoms with Crippen LogP contribution in [0.2, 0.25) is 0 Å². The van der Waals surface area contributed by atoms with E-state index in [9.17, 15) is 9.59 Å². The Morgan fingerprint density at radius 2 is 2.10 bits per heavy atom. The Kier molecular flexibility index (Phi) is 3.95. The van der Waals surface area contributed by atoms with Crippen LogP contribution in [0.15, 0.2) is 0 Å². The van der Waals surface area contributed by atoms with Crippen molar-refractivity contribution in [3.63, 3.8) is 0 Å². The van der Waals surface area contributed by atoms with Gasteiger partial charge in [-0.15, -0.1) is 0 Å². The van der Waals surface area contributed by atoms with E-state index in [2.05, 4.69) is 19.2 Å². The Morgan fingerprint density at radius 1 is 1.33 bits per heavy atom. The number of hydrogen-bond acceptors (Lipinski definition) is 3. The maximum atomic E-state index is 12.9. The van der Waals surface area contributed by atoms with Crippen molar-refractivity contribution in [2.45, 2.75) is 83.2 Å². The number of ether oxygens (including phenoxy) is 1. The first-order valence-corrected chi connectivity index (χ1v) is 8.29. The lowest BCUT2D eigenvalue weighted by Crippen LogP contribution is -2.67. The number of fused-ring (bicyclic) bond motifs is 2. The minimum atomic E-state index is -0.362. The molecule has 0 aromatic heterocycles. The van der Waals surface area contributed by atoms with Crippen molar-refractivity contribution < 1.29 is 14.3 Å². The minimum Gasteiger partial charge on any atom is -0.373 e. The van der Waals surface area contributed by atoms with Gasteiger partial charge in [-0.2, -0.15) is 0 Å². The first-order valence-electron chi connectivity index (χ1n) is 8.29. The maximum Gasteiger partial charge on any atom is 0.246 e. The summed E-state index contributed by atoms with van der Waals surface area (Å²) in [5.41, 5.74) is 0. The molecule has 118 valence electrons. The highest BCUT2D eigenvalue weighted by atomic mass is 16.5. The van der Waals surface area contributed by atoms with Gasteiger partial charge in [0.25, 0.3) is 0 Å². The van der Waals surface area contributed by atoms with Crippen molar-refractivity contribution in [2.24, 2.45) is 5.92 Å². The SMILES string of the molecule is CCC1C(=O)NC(CC(C)C)C(=O)N1C1CC2CCC1O2. The van der Waals surface area contributed by atoms with Gasteiger partial charge >= 0.3 is 0 Å². The topological polar surface area (TPSA) is 58.6 Å². The normalized spacial score (nSPS) is 39.2. The van der Waals surface area contributed by atoms with Crippen LogP contribution < -0.4 is 5.32 Å². The molecule has 0 aromatic rings. The summed E-state index contributed by atoms with van der Waals surface area (Å²) >= 11 is 0. The van der Waals surface area contributed by atoms with Crippen molar-refractivity contribution in [2.75, 3.05) is 0 Å². The smallest absolute Gasteiger partial charge is 0.246 e. The van der Waals surface area contributed by atoms with Crippen LogP contribution in [-0.2, 0) is 14.3 Å². The van der Waals surface area contributed by atoms with Crippen molar-refractivity contribution in [1.29, 1.82) is 0 Å². The number of piperazine rings is 1. The van der Waals surface area contributed by atoms with E-state index in [1.807, 2.05) is 11.8 Å². The molecule has 2 amide bonds. The van der Waals surface area contributed by atoms with Crippen LogP contribution in [0.5, 0.6) is 0 Å². The largest absolute Gasteiger partial charge is 0.373 e. The molecule has 21 heavy (non-hydrogen) atoms. The third kappa shape index (κ3) is 2.56. The third-order valence-corrected chi connectivity index (χ3v) is 5.03. The van der Waals surface area contributed by atoms with Crippen LogP contribution in [0.1, 0.15) is 52.9 Å². The van der Waals surface area contributed by atoms with E-state index in [0.29, 0.717) is 24.9 Å². The first-order chi connectivity index (χ1) is 10.0. The van der Waals surface area contributed by atoms with Gasteiger partial charge < -0.3 is 15.0 Å². The second-order valence-electron chi connectivity index (χ2n) is 7.04. The number of nitrogens with one attached hydrogen (secondary N) is 1. The molecule has 1 N–H and O–H groups in total. The lowest BCUT2D eigenvalue weighted by molar-refractivity contribution is -0.154. The quantitative estimate of drug-likeness (QED) is 0.854. The Labute approximate surface area is 126 Å². The van der Waals surface area contributed by atoms with E-state index < -0.39 is 0 Å². The van der Waals surface area contributed by atoms with Gasteiger partial charge in [0, 0.05) is 0 Å². The van der Waals surface area contributed by atoms with Gasteiger partial charge in [-0.3, -0.25) is 9.59 Å². The van der Waals surface area contributed by atoms with Crippen molar-refractivity contribution in [3.8, 4) is 0 Å². The number of amides is 2. The molecular formula is C16H26N2O3. The summed E-state index contributed by atoms with van der Waals surface area (Å²) in [6, 6.07) is -0.588. The second kappa shape index (κ2) is 5.59. The van der Waals surface area contributed by atoms with Gasteiger partial charge in [0.2, 0.25) is 11.8 Å². The number of carbonyl (C=O) groups is 2. The van der Waals surface area contributed by atoms with Crippen LogP contribution in [0.25, 0.3) is 0 Å². The van der Waals surface area contributed by atoms with E-state index >= 15 is 0 Å². The molecule has 0 aliphatic carbocycles. The van der Waals surface area contributed by atoms with Gasteiger partial charge in [-0.1, -0.05) is 20.8 Å². The van der Waals surface area contributed by atoms with Crippen LogP contribution in [0.3, 0.4) is 0 Å². The average molecular weight is 294 g/mol.